The number of guanidine groups is 1. The van der Waals surface area contributed by atoms with E-state index in [4.69, 9.17) is 0 Å². The molecule has 1 aliphatic heterocycles. The smallest absolute Gasteiger partial charge is 0.239 e. The number of carbonyl (C=O) groups is 1. The highest BCUT2D eigenvalue weighted by Crippen LogP contribution is 2.15. The van der Waals surface area contributed by atoms with E-state index in [-0.39, 0.29) is 29.9 Å². The number of aliphatic imine (C=N–C) groups is 1. The summed E-state index contributed by atoms with van der Waals surface area (Å²) in [6.07, 6.45) is 3.44. The SMILES string of the molecule is CCCNC(=O)CNC(=NC)N1CCCC(C)C1.I. The first-order valence-electron chi connectivity index (χ1n) is 6.89. The van der Waals surface area contributed by atoms with E-state index >= 15 is 0 Å². The molecule has 1 heterocycles. The summed E-state index contributed by atoms with van der Waals surface area (Å²) in [6, 6.07) is 0. The molecule has 0 aliphatic carbocycles. The highest BCUT2D eigenvalue weighted by molar-refractivity contribution is 14.0. The van der Waals surface area contributed by atoms with Gasteiger partial charge < -0.3 is 15.5 Å². The van der Waals surface area contributed by atoms with Crippen LogP contribution in [0.2, 0.25) is 0 Å². The van der Waals surface area contributed by atoms with Crippen molar-refractivity contribution in [2.45, 2.75) is 33.1 Å². The van der Waals surface area contributed by atoms with Crippen LogP contribution in [0.3, 0.4) is 0 Å². The fourth-order valence-electron chi connectivity index (χ4n) is 2.20. The molecule has 0 saturated carbocycles. The van der Waals surface area contributed by atoms with Gasteiger partial charge in [-0.1, -0.05) is 13.8 Å². The van der Waals surface area contributed by atoms with Crippen LogP contribution in [0.15, 0.2) is 4.99 Å². The van der Waals surface area contributed by atoms with Gasteiger partial charge in [-0.3, -0.25) is 9.79 Å². The molecular weight excluding hydrogens is 355 g/mol. The van der Waals surface area contributed by atoms with Crippen molar-refractivity contribution in [1.82, 2.24) is 15.5 Å². The maximum atomic E-state index is 11.5. The lowest BCUT2D eigenvalue weighted by molar-refractivity contribution is -0.120. The first kappa shape index (κ1) is 18.5. The minimum absolute atomic E-state index is 0. The van der Waals surface area contributed by atoms with Crippen molar-refractivity contribution in [1.29, 1.82) is 0 Å². The Morgan fingerprint density at radius 3 is 2.74 bits per heavy atom. The van der Waals surface area contributed by atoms with Crippen molar-refractivity contribution in [3.05, 3.63) is 0 Å². The molecule has 1 saturated heterocycles. The second-order valence-corrected chi connectivity index (χ2v) is 4.94. The lowest BCUT2D eigenvalue weighted by atomic mass is 10.0. The van der Waals surface area contributed by atoms with Crippen LogP contribution in [0, 0.1) is 5.92 Å². The number of amides is 1. The maximum Gasteiger partial charge on any atom is 0.239 e. The Bertz CT molecular complexity index is 296. The molecule has 6 heteroatoms. The van der Waals surface area contributed by atoms with Crippen LogP contribution in [0.25, 0.3) is 0 Å². The van der Waals surface area contributed by atoms with Crippen molar-refractivity contribution >= 4 is 35.8 Å². The van der Waals surface area contributed by atoms with Gasteiger partial charge in [0.05, 0.1) is 6.54 Å². The molecule has 0 spiro atoms. The van der Waals surface area contributed by atoms with E-state index in [2.05, 4.69) is 27.4 Å². The maximum absolute atomic E-state index is 11.5. The zero-order valence-electron chi connectivity index (χ0n) is 12.2. The number of likely N-dealkylation sites (tertiary alicyclic amines) is 1. The quantitative estimate of drug-likeness (QED) is 0.440. The molecule has 112 valence electrons. The van der Waals surface area contributed by atoms with Crippen LogP contribution >= 0.6 is 24.0 Å². The summed E-state index contributed by atoms with van der Waals surface area (Å²) in [7, 11) is 1.77. The molecule has 0 aromatic heterocycles. The fourth-order valence-corrected chi connectivity index (χ4v) is 2.20. The number of hydrogen-bond donors (Lipinski definition) is 2. The molecule has 19 heavy (non-hydrogen) atoms. The van der Waals surface area contributed by atoms with Crippen molar-refractivity contribution in [2.75, 3.05) is 33.2 Å². The van der Waals surface area contributed by atoms with Crippen molar-refractivity contribution in [3.8, 4) is 0 Å². The third-order valence-corrected chi connectivity index (χ3v) is 3.15. The molecule has 1 fully saturated rings. The Hall–Kier alpha value is -0.530. The van der Waals surface area contributed by atoms with Gasteiger partial charge in [-0.25, -0.2) is 0 Å². The standard InChI is InChI=1S/C13H26N4O.HI/c1-4-7-15-12(18)9-16-13(14-3)17-8-5-6-11(2)10-17;/h11H,4-10H2,1-3H3,(H,14,16)(H,15,18);1H. The fraction of sp³-hybridized carbons (Fsp3) is 0.846. The molecule has 0 aromatic carbocycles. The highest BCUT2D eigenvalue weighted by atomic mass is 127. The summed E-state index contributed by atoms with van der Waals surface area (Å²) < 4.78 is 0. The van der Waals surface area contributed by atoms with Crippen molar-refractivity contribution < 1.29 is 4.79 Å². The predicted octanol–water partition coefficient (Wildman–Crippen LogP) is 1.44. The zero-order chi connectivity index (χ0) is 13.4. The summed E-state index contributed by atoms with van der Waals surface area (Å²) in [4.78, 5) is 18.0. The molecule has 0 aromatic rings. The molecule has 0 radical (unpaired) electrons. The van der Waals surface area contributed by atoms with Crippen LogP contribution in [-0.4, -0.2) is 50.0 Å². The van der Waals surface area contributed by atoms with Gasteiger partial charge in [0.1, 0.15) is 0 Å². The third kappa shape index (κ3) is 6.98. The summed E-state index contributed by atoms with van der Waals surface area (Å²) in [5.41, 5.74) is 0. The van der Waals surface area contributed by atoms with E-state index in [1.54, 1.807) is 7.05 Å². The van der Waals surface area contributed by atoms with E-state index in [0.717, 1.165) is 32.0 Å². The minimum Gasteiger partial charge on any atom is -0.355 e. The molecule has 1 unspecified atom stereocenters. The topological polar surface area (TPSA) is 56.7 Å². The first-order valence-corrected chi connectivity index (χ1v) is 6.89. The third-order valence-electron chi connectivity index (χ3n) is 3.15. The number of nitrogens with zero attached hydrogens (tertiary/aromatic N) is 2. The van der Waals surface area contributed by atoms with Crippen molar-refractivity contribution in [3.63, 3.8) is 0 Å². The average molecular weight is 382 g/mol. The summed E-state index contributed by atoms with van der Waals surface area (Å²) in [5, 5.41) is 5.98. The summed E-state index contributed by atoms with van der Waals surface area (Å²) in [5.74, 6) is 1.57. The molecule has 0 bridgehead atoms. The number of rotatable bonds is 4. The van der Waals surface area contributed by atoms with E-state index < -0.39 is 0 Å². The van der Waals surface area contributed by atoms with E-state index in [1.807, 2.05) is 6.92 Å². The molecule has 1 amide bonds. The van der Waals surface area contributed by atoms with Crippen LogP contribution in [0.1, 0.15) is 33.1 Å². The Morgan fingerprint density at radius 1 is 1.42 bits per heavy atom. The van der Waals surface area contributed by atoms with Gasteiger partial charge in [0.2, 0.25) is 5.91 Å². The molecular formula is C13H27IN4O. The largest absolute Gasteiger partial charge is 0.355 e. The summed E-state index contributed by atoms with van der Waals surface area (Å²) in [6.45, 7) is 7.39. The first-order chi connectivity index (χ1) is 8.67. The van der Waals surface area contributed by atoms with Gasteiger partial charge in [-0.05, 0) is 25.2 Å². The molecule has 1 rings (SSSR count). The Kier molecular flexibility index (Phi) is 9.99. The van der Waals surface area contributed by atoms with Gasteiger partial charge >= 0.3 is 0 Å². The molecule has 1 aliphatic rings. The molecule has 2 N–H and O–H groups in total. The van der Waals surface area contributed by atoms with E-state index in [1.165, 1.54) is 12.8 Å². The number of piperidine rings is 1. The van der Waals surface area contributed by atoms with Crippen molar-refractivity contribution in [2.24, 2.45) is 10.9 Å². The minimum atomic E-state index is 0. The Labute approximate surface area is 133 Å². The van der Waals surface area contributed by atoms with Gasteiger partial charge in [0.25, 0.3) is 0 Å². The average Bonchev–Trinajstić information content (AvgIpc) is 2.37. The van der Waals surface area contributed by atoms with Crippen LogP contribution < -0.4 is 10.6 Å². The van der Waals surface area contributed by atoms with E-state index in [9.17, 15) is 4.79 Å². The molecule has 1 atom stereocenters. The zero-order valence-corrected chi connectivity index (χ0v) is 14.6. The van der Waals surface area contributed by atoms with Gasteiger partial charge in [0, 0.05) is 26.7 Å². The van der Waals surface area contributed by atoms with Gasteiger partial charge in [-0.15, -0.1) is 24.0 Å². The van der Waals surface area contributed by atoms with E-state index in [0.29, 0.717) is 12.5 Å². The number of halogens is 1. The monoisotopic (exact) mass is 382 g/mol. The number of nitrogens with one attached hydrogen (secondary N) is 2. The van der Waals surface area contributed by atoms with Crippen LogP contribution in [0.5, 0.6) is 0 Å². The number of hydrogen-bond acceptors (Lipinski definition) is 2. The Balaban J connectivity index is 0.00000324. The van der Waals surface area contributed by atoms with Gasteiger partial charge in [0.15, 0.2) is 5.96 Å². The van der Waals surface area contributed by atoms with Gasteiger partial charge in [-0.2, -0.15) is 0 Å². The predicted molar refractivity (Wildman–Crippen MR) is 90.0 cm³/mol. The summed E-state index contributed by atoms with van der Waals surface area (Å²) >= 11 is 0. The lowest BCUT2D eigenvalue weighted by Gasteiger charge is -2.33. The van der Waals surface area contributed by atoms with Crippen LogP contribution in [-0.2, 0) is 4.79 Å². The highest BCUT2D eigenvalue weighted by Gasteiger charge is 2.19. The molecule has 5 nitrogen and oxygen atoms in total. The lowest BCUT2D eigenvalue weighted by Crippen LogP contribution is -2.48. The number of carbonyl (C=O) groups excluding carboxylic acids is 1. The Morgan fingerprint density at radius 2 is 2.16 bits per heavy atom. The van der Waals surface area contributed by atoms with Crippen LogP contribution in [0.4, 0.5) is 0 Å². The second kappa shape index (κ2) is 10.3. The second-order valence-electron chi connectivity index (χ2n) is 4.94. The normalized spacial score (nSPS) is 19.6.